The number of carbonyl (C=O) groups excluding carboxylic acids is 2. The average molecular weight is 554 g/mol. The third-order valence-corrected chi connectivity index (χ3v) is 8.08. The van der Waals surface area contributed by atoms with Crippen LogP contribution < -0.4 is 4.90 Å². The molecule has 2 aliphatic heterocycles. The highest BCUT2D eigenvalue weighted by Gasteiger charge is 2.32. The number of anilines is 1. The lowest BCUT2D eigenvalue weighted by Gasteiger charge is -2.31. The summed E-state index contributed by atoms with van der Waals surface area (Å²) in [6.45, 7) is 6.80. The summed E-state index contributed by atoms with van der Waals surface area (Å²) in [5.41, 5.74) is 2.17. The Labute approximate surface area is 226 Å². The van der Waals surface area contributed by atoms with Gasteiger partial charge in [0.05, 0.1) is 4.90 Å². The first kappa shape index (κ1) is 26.2. The second kappa shape index (κ2) is 9.71. The van der Waals surface area contributed by atoms with E-state index in [1.165, 1.54) is 12.1 Å². The fourth-order valence-corrected chi connectivity index (χ4v) is 5.92. The van der Waals surface area contributed by atoms with E-state index in [0.29, 0.717) is 42.2 Å². The van der Waals surface area contributed by atoms with Gasteiger partial charge in [-0.05, 0) is 85.5 Å². The van der Waals surface area contributed by atoms with E-state index in [1.807, 2.05) is 39.0 Å². The van der Waals surface area contributed by atoms with Crippen LogP contribution in [0.15, 0.2) is 63.9 Å². The lowest BCUT2D eigenvalue weighted by molar-refractivity contribution is -0.111. The maximum absolute atomic E-state index is 13.2. The van der Waals surface area contributed by atoms with Crippen molar-refractivity contribution < 1.29 is 22.7 Å². The second-order valence-corrected chi connectivity index (χ2v) is 12.5. The maximum atomic E-state index is 13.2. The van der Waals surface area contributed by atoms with Gasteiger partial charge in [-0.1, -0.05) is 29.8 Å². The monoisotopic (exact) mass is 553 g/mol. The smallest absolute Gasteiger partial charge is 0.410 e. The summed E-state index contributed by atoms with van der Waals surface area (Å²) in [4.78, 5) is 28.9. The fraction of sp³-hybridized carbons (Fsp3) is 0.321. The van der Waals surface area contributed by atoms with Crippen molar-refractivity contribution in [2.75, 3.05) is 18.0 Å². The van der Waals surface area contributed by atoms with Crippen molar-refractivity contribution in [3.63, 3.8) is 0 Å². The van der Waals surface area contributed by atoms with Crippen molar-refractivity contribution in [3.8, 4) is 0 Å². The minimum Gasteiger partial charge on any atom is -0.444 e. The molecule has 5 rings (SSSR count). The molecule has 0 spiro atoms. The molecule has 0 unspecified atom stereocenters. The summed E-state index contributed by atoms with van der Waals surface area (Å²) in [6, 6.07) is 15.5. The van der Waals surface area contributed by atoms with Gasteiger partial charge in [0, 0.05) is 36.8 Å². The molecule has 8 nitrogen and oxygen atoms in total. The highest BCUT2D eigenvalue weighted by molar-refractivity contribution is 7.90. The molecule has 2 heterocycles. The molecule has 0 aromatic heterocycles. The molecule has 10 heteroatoms. The zero-order valence-electron chi connectivity index (χ0n) is 21.4. The SMILES string of the molecule is CC(C)(C)OC(=O)N1CCc2cc(N3CC/C(=N/S(=O)(=O)c4ccc5cc(Cl)ccc5c4)C3=O)ccc2C1. The van der Waals surface area contributed by atoms with Crippen LogP contribution in [0.4, 0.5) is 10.5 Å². The Balaban J connectivity index is 1.33. The van der Waals surface area contributed by atoms with Gasteiger partial charge in [0.15, 0.2) is 0 Å². The van der Waals surface area contributed by atoms with Crippen LogP contribution in [0.3, 0.4) is 0 Å². The number of carbonyl (C=O) groups is 2. The molecule has 3 aromatic carbocycles. The van der Waals surface area contributed by atoms with Crippen LogP contribution in [0.5, 0.6) is 0 Å². The van der Waals surface area contributed by atoms with Crippen molar-refractivity contribution in [3.05, 3.63) is 70.7 Å². The number of sulfonamides is 1. The Hall–Kier alpha value is -3.43. The van der Waals surface area contributed by atoms with Crippen LogP contribution in [0.1, 0.15) is 38.3 Å². The van der Waals surface area contributed by atoms with E-state index in [1.54, 1.807) is 34.1 Å². The van der Waals surface area contributed by atoms with E-state index >= 15 is 0 Å². The fourth-order valence-electron chi connectivity index (χ4n) is 4.66. The lowest BCUT2D eigenvalue weighted by Crippen LogP contribution is -2.40. The molecule has 0 bridgehead atoms. The summed E-state index contributed by atoms with van der Waals surface area (Å²) >= 11 is 6.02. The number of benzene rings is 3. The first-order valence-corrected chi connectivity index (χ1v) is 14.2. The van der Waals surface area contributed by atoms with Crippen molar-refractivity contribution in [2.24, 2.45) is 4.40 Å². The van der Waals surface area contributed by atoms with Crippen LogP contribution in [0, 0.1) is 0 Å². The van der Waals surface area contributed by atoms with Crippen molar-refractivity contribution in [1.29, 1.82) is 0 Å². The summed E-state index contributed by atoms with van der Waals surface area (Å²) in [7, 11) is -4.07. The Morgan fingerprint density at radius 3 is 2.45 bits per heavy atom. The van der Waals surface area contributed by atoms with Crippen molar-refractivity contribution in [2.45, 2.75) is 50.7 Å². The predicted octanol–water partition coefficient (Wildman–Crippen LogP) is 5.35. The molecule has 0 saturated carbocycles. The number of halogens is 1. The van der Waals surface area contributed by atoms with Crippen molar-refractivity contribution in [1.82, 2.24) is 4.90 Å². The van der Waals surface area contributed by atoms with Crippen LogP contribution in [-0.4, -0.2) is 49.7 Å². The molecule has 0 radical (unpaired) electrons. The van der Waals surface area contributed by atoms with Gasteiger partial charge in [0.1, 0.15) is 11.3 Å². The minimum atomic E-state index is -4.07. The highest BCUT2D eigenvalue weighted by Crippen LogP contribution is 2.29. The third kappa shape index (κ3) is 5.39. The van der Waals surface area contributed by atoms with Gasteiger partial charge < -0.3 is 14.5 Å². The molecule has 0 N–H and O–H groups in total. The number of amides is 2. The molecule has 2 amide bonds. The molecule has 0 aliphatic carbocycles. The van der Waals surface area contributed by atoms with E-state index in [9.17, 15) is 18.0 Å². The van der Waals surface area contributed by atoms with Gasteiger partial charge in [0.2, 0.25) is 0 Å². The van der Waals surface area contributed by atoms with E-state index in [2.05, 4.69) is 4.40 Å². The second-order valence-electron chi connectivity index (χ2n) is 10.5. The third-order valence-electron chi connectivity index (χ3n) is 6.53. The van der Waals surface area contributed by atoms with Crippen LogP contribution in [-0.2, 0) is 32.5 Å². The normalized spacial score (nSPS) is 17.3. The van der Waals surface area contributed by atoms with Crippen LogP contribution in [0.2, 0.25) is 5.02 Å². The van der Waals surface area contributed by atoms with Gasteiger partial charge in [-0.25, -0.2) is 4.79 Å². The Kier molecular flexibility index (Phi) is 6.69. The van der Waals surface area contributed by atoms with Gasteiger partial charge in [0.25, 0.3) is 15.9 Å². The van der Waals surface area contributed by atoms with Crippen LogP contribution in [0.25, 0.3) is 10.8 Å². The van der Waals surface area contributed by atoms with Gasteiger partial charge in [-0.2, -0.15) is 12.8 Å². The van der Waals surface area contributed by atoms with E-state index in [4.69, 9.17) is 16.3 Å². The Bertz CT molecular complexity index is 1590. The summed E-state index contributed by atoms with van der Waals surface area (Å²) in [5.74, 6) is -0.424. The number of rotatable bonds is 3. The molecule has 0 atom stereocenters. The zero-order chi connectivity index (χ0) is 27.2. The highest BCUT2D eigenvalue weighted by atomic mass is 35.5. The van der Waals surface area contributed by atoms with Gasteiger partial charge >= 0.3 is 6.09 Å². The molecule has 198 valence electrons. The Morgan fingerprint density at radius 1 is 0.947 bits per heavy atom. The largest absolute Gasteiger partial charge is 0.444 e. The van der Waals surface area contributed by atoms with E-state index in [-0.39, 0.29) is 23.1 Å². The summed E-state index contributed by atoms with van der Waals surface area (Å²) < 4.78 is 35.5. The summed E-state index contributed by atoms with van der Waals surface area (Å²) in [6.07, 6.45) is 0.511. The minimum absolute atomic E-state index is 0.00928. The van der Waals surface area contributed by atoms with Crippen molar-refractivity contribution >= 4 is 55.8 Å². The van der Waals surface area contributed by atoms with E-state index < -0.39 is 21.5 Å². The number of fused-ring (bicyclic) bond motifs is 2. The molecular formula is C28H28ClN3O5S. The average Bonchev–Trinajstić information content (AvgIpc) is 3.21. The first-order valence-electron chi connectivity index (χ1n) is 12.3. The molecule has 2 aliphatic rings. The molecule has 1 fully saturated rings. The number of hydrogen-bond acceptors (Lipinski definition) is 5. The standard InChI is InChI=1S/C28H28ClN3O5S/c1-28(2,3)37-27(34)31-12-10-20-15-23(8-5-21(20)17-31)32-13-11-25(26(32)33)30-38(35,36)24-9-6-18-14-22(29)7-4-19(18)16-24/h4-9,14-16H,10-13,17H2,1-3H3/b30-25-. The van der Waals surface area contributed by atoms with Gasteiger partial charge in [-0.15, -0.1) is 0 Å². The van der Waals surface area contributed by atoms with Gasteiger partial charge in [-0.3, -0.25) is 4.79 Å². The zero-order valence-corrected chi connectivity index (χ0v) is 23.0. The number of ether oxygens (including phenoxy) is 1. The quantitative estimate of drug-likeness (QED) is 0.435. The molecule has 1 saturated heterocycles. The maximum Gasteiger partial charge on any atom is 0.410 e. The first-order chi connectivity index (χ1) is 17.9. The molecular weight excluding hydrogens is 526 g/mol. The molecule has 38 heavy (non-hydrogen) atoms. The topological polar surface area (TPSA) is 96.3 Å². The lowest BCUT2D eigenvalue weighted by atomic mass is 9.99. The number of nitrogens with zero attached hydrogens (tertiary/aromatic N) is 3. The Morgan fingerprint density at radius 2 is 1.68 bits per heavy atom. The summed E-state index contributed by atoms with van der Waals surface area (Å²) in [5, 5.41) is 2.09. The van der Waals surface area contributed by atoms with Crippen LogP contribution >= 0.6 is 11.6 Å². The predicted molar refractivity (Wildman–Crippen MR) is 147 cm³/mol. The number of hydrogen-bond donors (Lipinski definition) is 0. The van der Waals surface area contributed by atoms with E-state index in [0.717, 1.165) is 16.5 Å². The molecule has 3 aromatic rings.